The summed E-state index contributed by atoms with van der Waals surface area (Å²) in [5.74, 6) is 0.350. The molecule has 0 atom stereocenters. The van der Waals surface area contributed by atoms with Crippen LogP contribution in [0.25, 0.3) is 11.4 Å². The van der Waals surface area contributed by atoms with Crippen molar-refractivity contribution in [2.75, 3.05) is 0 Å². The van der Waals surface area contributed by atoms with E-state index < -0.39 is 5.43 Å². The predicted octanol–water partition coefficient (Wildman–Crippen LogP) is 1.04. The molecule has 2 aromatic rings. The Morgan fingerprint density at radius 2 is 2.29 bits per heavy atom. The zero-order valence-electron chi connectivity index (χ0n) is 7.44. The van der Waals surface area contributed by atoms with Crippen LogP contribution in [0.15, 0.2) is 27.6 Å². The molecule has 2 heterocycles. The first-order valence-corrected chi connectivity index (χ1v) is 4.02. The smallest absolute Gasteiger partial charge is 0.223 e. The van der Waals surface area contributed by atoms with Crippen molar-refractivity contribution < 1.29 is 9.63 Å². The minimum absolute atomic E-state index is 0.311. The van der Waals surface area contributed by atoms with Gasteiger partial charge in [-0.05, 0) is 6.92 Å². The predicted molar refractivity (Wildman–Crippen MR) is 49.0 cm³/mol. The first kappa shape index (κ1) is 8.55. The van der Waals surface area contributed by atoms with E-state index in [1.165, 1.54) is 12.3 Å². The van der Waals surface area contributed by atoms with E-state index in [4.69, 9.17) is 9.63 Å². The lowest BCUT2D eigenvalue weighted by molar-refractivity contribution is 0.399. The highest BCUT2D eigenvalue weighted by atomic mass is 16.5. The number of aromatic amines is 1. The molecule has 0 bridgehead atoms. The van der Waals surface area contributed by atoms with Gasteiger partial charge in [-0.2, -0.15) is 0 Å². The second-order valence-corrected chi connectivity index (χ2v) is 2.92. The fourth-order valence-corrected chi connectivity index (χ4v) is 1.11. The number of nitrogens with zero attached hydrogens (tertiary/aromatic N) is 1. The molecule has 14 heavy (non-hydrogen) atoms. The van der Waals surface area contributed by atoms with Crippen molar-refractivity contribution in [2.45, 2.75) is 6.92 Å². The van der Waals surface area contributed by atoms with Crippen LogP contribution < -0.4 is 5.43 Å². The Hall–Kier alpha value is -2.04. The van der Waals surface area contributed by atoms with Crippen LogP contribution in [-0.4, -0.2) is 15.2 Å². The van der Waals surface area contributed by atoms with Crippen molar-refractivity contribution >= 4 is 0 Å². The minimum atomic E-state index is -0.445. The molecule has 0 fully saturated rings. The van der Waals surface area contributed by atoms with Crippen molar-refractivity contribution in [2.24, 2.45) is 0 Å². The van der Waals surface area contributed by atoms with Crippen LogP contribution in [-0.2, 0) is 0 Å². The molecule has 0 aliphatic heterocycles. The summed E-state index contributed by atoms with van der Waals surface area (Å²) in [6.45, 7) is 1.76. The van der Waals surface area contributed by atoms with E-state index in [0.717, 1.165) is 0 Å². The van der Waals surface area contributed by atoms with E-state index in [9.17, 15) is 4.79 Å². The molecular weight excluding hydrogens is 184 g/mol. The van der Waals surface area contributed by atoms with Gasteiger partial charge in [0.05, 0.1) is 5.69 Å². The highest BCUT2D eigenvalue weighted by Gasteiger charge is 2.05. The largest absolute Gasteiger partial charge is 0.503 e. The topological polar surface area (TPSA) is 79.1 Å². The first-order chi connectivity index (χ1) is 6.66. The maximum Gasteiger partial charge on any atom is 0.223 e. The third-order valence-electron chi connectivity index (χ3n) is 1.80. The van der Waals surface area contributed by atoms with Crippen LogP contribution in [0, 0.1) is 6.92 Å². The summed E-state index contributed by atoms with van der Waals surface area (Å²) >= 11 is 0. The van der Waals surface area contributed by atoms with Gasteiger partial charge >= 0.3 is 0 Å². The molecule has 5 nitrogen and oxygen atoms in total. The molecule has 0 spiro atoms. The Morgan fingerprint density at radius 1 is 1.50 bits per heavy atom. The number of rotatable bonds is 1. The zero-order valence-corrected chi connectivity index (χ0v) is 7.44. The molecule has 0 amide bonds. The molecule has 0 aliphatic carbocycles. The SMILES string of the molecule is Cc1cc(-c2cc(=O)c(O)c[nH]2)no1. The van der Waals surface area contributed by atoms with Crippen LogP contribution in [0.5, 0.6) is 5.75 Å². The first-order valence-electron chi connectivity index (χ1n) is 4.02. The van der Waals surface area contributed by atoms with E-state index in [1.807, 2.05) is 0 Å². The van der Waals surface area contributed by atoms with Crippen molar-refractivity contribution in [1.29, 1.82) is 0 Å². The fourth-order valence-electron chi connectivity index (χ4n) is 1.11. The molecule has 72 valence electrons. The maximum atomic E-state index is 11.1. The van der Waals surface area contributed by atoms with Gasteiger partial charge in [-0.15, -0.1) is 0 Å². The number of pyridine rings is 1. The Kier molecular flexibility index (Phi) is 1.85. The van der Waals surface area contributed by atoms with E-state index >= 15 is 0 Å². The van der Waals surface area contributed by atoms with Gasteiger partial charge < -0.3 is 14.6 Å². The normalized spacial score (nSPS) is 10.4. The lowest BCUT2D eigenvalue weighted by atomic mass is 10.2. The highest BCUT2D eigenvalue weighted by molar-refractivity contribution is 5.53. The molecule has 2 rings (SSSR count). The van der Waals surface area contributed by atoms with Gasteiger partial charge in [-0.25, -0.2) is 0 Å². The molecule has 5 heteroatoms. The van der Waals surface area contributed by atoms with Gasteiger partial charge in [-0.3, -0.25) is 4.79 Å². The summed E-state index contributed by atoms with van der Waals surface area (Å²) in [5, 5.41) is 12.7. The average molecular weight is 192 g/mol. The molecule has 0 radical (unpaired) electrons. The Labute approximate surface area is 79.0 Å². The van der Waals surface area contributed by atoms with Gasteiger partial charge in [-0.1, -0.05) is 5.16 Å². The number of nitrogens with one attached hydrogen (secondary N) is 1. The van der Waals surface area contributed by atoms with E-state index in [2.05, 4.69) is 10.1 Å². The van der Waals surface area contributed by atoms with Crippen LogP contribution in [0.2, 0.25) is 0 Å². The highest BCUT2D eigenvalue weighted by Crippen LogP contribution is 2.15. The summed E-state index contributed by atoms with van der Waals surface area (Å²) in [6, 6.07) is 2.97. The lowest BCUT2D eigenvalue weighted by Crippen LogP contribution is -2.00. The third-order valence-corrected chi connectivity index (χ3v) is 1.80. The lowest BCUT2D eigenvalue weighted by Gasteiger charge is -1.95. The monoisotopic (exact) mass is 192 g/mol. The quantitative estimate of drug-likeness (QED) is 0.707. The van der Waals surface area contributed by atoms with Crippen LogP contribution >= 0.6 is 0 Å². The number of aromatic hydroxyl groups is 1. The number of aromatic nitrogens is 2. The molecule has 0 aliphatic rings. The average Bonchev–Trinajstić information content (AvgIpc) is 2.57. The van der Waals surface area contributed by atoms with E-state index in [-0.39, 0.29) is 5.75 Å². The molecular formula is C9H8N2O3. The van der Waals surface area contributed by atoms with Gasteiger partial charge in [0.1, 0.15) is 11.5 Å². The standard InChI is InChI=1S/C9H8N2O3/c1-5-2-7(11-14-5)6-3-8(12)9(13)4-10-6/h2-4,13H,1H3,(H,10,12). The van der Waals surface area contributed by atoms with Crippen molar-refractivity contribution in [1.82, 2.24) is 10.1 Å². The van der Waals surface area contributed by atoms with Crippen LogP contribution in [0.3, 0.4) is 0 Å². The number of hydrogen-bond acceptors (Lipinski definition) is 4. The fraction of sp³-hybridized carbons (Fsp3) is 0.111. The third kappa shape index (κ3) is 1.39. The minimum Gasteiger partial charge on any atom is -0.503 e. The number of aryl methyl sites for hydroxylation is 1. The molecule has 0 unspecified atom stereocenters. The van der Waals surface area contributed by atoms with Gasteiger partial charge in [0, 0.05) is 18.3 Å². The van der Waals surface area contributed by atoms with Crippen LogP contribution in [0.1, 0.15) is 5.76 Å². The van der Waals surface area contributed by atoms with Gasteiger partial charge in [0.15, 0.2) is 5.75 Å². The molecule has 0 saturated carbocycles. The Balaban J connectivity index is 2.53. The zero-order chi connectivity index (χ0) is 10.1. The summed E-state index contributed by atoms with van der Waals surface area (Å²) in [7, 11) is 0. The summed E-state index contributed by atoms with van der Waals surface area (Å²) < 4.78 is 4.85. The molecule has 0 saturated heterocycles. The summed E-state index contributed by atoms with van der Waals surface area (Å²) in [4.78, 5) is 13.8. The molecule has 2 aromatic heterocycles. The summed E-state index contributed by atoms with van der Waals surface area (Å²) in [6.07, 6.45) is 1.22. The van der Waals surface area contributed by atoms with E-state index in [0.29, 0.717) is 17.1 Å². The molecule has 2 N–H and O–H groups in total. The van der Waals surface area contributed by atoms with Crippen molar-refractivity contribution in [3.05, 3.63) is 34.3 Å². The van der Waals surface area contributed by atoms with Crippen LogP contribution in [0.4, 0.5) is 0 Å². The Morgan fingerprint density at radius 3 is 2.86 bits per heavy atom. The second kappa shape index (κ2) is 3.02. The molecule has 0 aromatic carbocycles. The number of H-pyrrole nitrogens is 1. The van der Waals surface area contributed by atoms with Gasteiger partial charge in [0.25, 0.3) is 0 Å². The van der Waals surface area contributed by atoms with Crippen molar-refractivity contribution in [3.63, 3.8) is 0 Å². The second-order valence-electron chi connectivity index (χ2n) is 2.92. The van der Waals surface area contributed by atoms with E-state index in [1.54, 1.807) is 13.0 Å². The number of hydrogen-bond donors (Lipinski definition) is 2. The van der Waals surface area contributed by atoms with Gasteiger partial charge in [0.2, 0.25) is 5.43 Å². The van der Waals surface area contributed by atoms with Crippen molar-refractivity contribution in [3.8, 4) is 17.1 Å². The maximum absolute atomic E-state index is 11.1. The summed E-state index contributed by atoms with van der Waals surface area (Å²) in [5.41, 5.74) is 0.614. The Bertz CT molecular complexity index is 513.